The zero-order valence-electron chi connectivity index (χ0n) is 14.8. The highest BCUT2D eigenvalue weighted by Gasteiger charge is 2.18. The van der Waals surface area contributed by atoms with Crippen LogP contribution in [0.1, 0.15) is 36.6 Å². The van der Waals surface area contributed by atoms with Crippen LogP contribution in [0.3, 0.4) is 0 Å². The molecule has 0 bridgehead atoms. The van der Waals surface area contributed by atoms with Crippen LogP contribution in [-0.4, -0.2) is 37.0 Å². The van der Waals surface area contributed by atoms with Gasteiger partial charge < -0.3 is 14.8 Å². The van der Waals surface area contributed by atoms with Crippen LogP contribution >= 0.6 is 0 Å². The number of amides is 1. The predicted octanol–water partition coefficient (Wildman–Crippen LogP) is 2.73. The Balaban J connectivity index is 2.39. The summed E-state index contributed by atoms with van der Waals surface area (Å²) < 4.78 is 9.25. The molecule has 0 spiro atoms. The Morgan fingerprint density at radius 3 is 1.96 bits per heavy atom. The van der Waals surface area contributed by atoms with Gasteiger partial charge in [0.1, 0.15) is 0 Å². The van der Waals surface area contributed by atoms with Gasteiger partial charge in [0, 0.05) is 22.9 Å². The fraction of sp³-hybridized carbons (Fsp3) is 0.167. The maximum Gasteiger partial charge on any atom is 0.337 e. The average Bonchev–Trinajstić information content (AvgIpc) is 2.66. The second kappa shape index (κ2) is 8.09. The minimum absolute atomic E-state index is 0.0330. The molecular formula is C18H16N2O7. The summed E-state index contributed by atoms with van der Waals surface area (Å²) in [7, 11) is 2.35. The maximum absolute atomic E-state index is 12.4. The summed E-state index contributed by atoms with van der Waals surface area (Å²) in [4.78, 5) is 46.4. The predicted molar refractivity (Wildman–Crippen MR) is 94.9 cm³/mol. The van der Waals surface area contributed by atoms with Gasteiger partial charge in [0.05, 0.1) is 30.3 Å². The molecule has 9 heteroatoms. The highest BCUT2D eigenvalue weighted by Crippen LogP contribution is 2.21. The van der Waals surface area contributed by atoms with E-state index in [0.29, 0.717) is 5.56 Å². The van der Waals surface area contributed by atoms with Crippen LogP contribution in [-0.2, 0) is 9.47 Å². The number of methoxy groups -OCH3 is 2. The number of rotatable bonds is 5. The Kier molecular flexibility index (Phi) is 5.86. The van der Waals surface area contributed by atoms with Gasteiger partial charge in [-0.2, -0.15) is 0 Å². The Morgan fingerprint density at radius 1 is 0.926 bits per heavy atom. The van der Waals surface area contributed by atoms with E-state index in [1.165, 1.54) is 44.6 Å². The molecule has 0 atom stereocenters. The number of hydrogen-bond acceptors (Lipinski definition) is 7. The molecule has 0 aliphatic rings. The lowest BCUT2D eigenvalue weighted by Gasteiger charge is -2.10. The number of carbonyl (C=O) groups is 3. The molecule has 140 valence electrons. The van der Waals surface area contributed by atoms with Crippen molar-refractivity contribution >= 4 is 29.2 Å². The SMILES string of the molecule is COC(=O)c1cc(NC(=O)c2ccc(C)c([N+](=O)[O-])c2)cc(C(=O)OC)c1. The Morgan fingerprint density at radius 2 is 1.48 bits per heavy atom. The van der Waals surface area contributed by atoms with Gasteiger partial charge in [-0.15, -0.1) is 0 Å². The zero-order chi connectivity index (χ0) is 20.1. The van der Waals surface area contributed by atoms with Crippen LogP contribution in [0.4, 0.5) is 11.4 Å². The van der Waals surface area contributed by atoms with E-state index in [4.69, 9.17) is 0 Å². The van der Waals surface area contributed by atoms with Crippen LogP contribution in [0.2, 0.25) is 0 Å². The highest BCUT2D eigenvalue weighted by atomic mass is 16.6. The third-order valence-electron chi connectivity index (χ3n) is 3.70. The van der Waals surface area contributed by atoms with Gasteiger partial charge in [0.2, 0.25) is 0 Å². The molecule has 27 heavy (non-hydrogen) atoms. The summed E-state index contributed by atoms with van der Waals surface area (Å²) in [5.41, 5.74) is 0.469. The molecule has 0 fully saturated rings. The van der Waals surface area contributed by atoms with E-state index in [0.717, 1.165) is 6.07 Å². The van der Waals surface area contributed by atoms with E-state index in [2.05, 4.69) is 14.8 Å². The molecule has 0 unspecified atom stereocenters. The number of nitro groups is 1. The number of anilines is 1. The van der Waals surface area contributed by atoms with Crippen LogP contribution in [0.5, 0.6) is 0 Å². The van der Waals surface area contributed by atoms with Gasteiger partial charge >= 0.3 is 11.9 Å². The van der Waals surface area contributed by atoms with Crippen LogP contribution in [0, 0.1) is 17.0 Å². The summed E-state index contributed by atoms with van der Waals surface area (Å²) in [6, 6.07) is 7.94. The second-order valence-corrected chi connectivity index (χ2v) is 5.49. The molecule has 0 heterocycles. The number of esters is 2. The molecule has 0 radical (unpaired) electrons. The van der Waals surface area contributed by atoms with Crippen molar-refractivity contribution in [1.82, 2.24) is 0 Å². The normalized spacial score (nSPS) is 10.0. The molecule has 1 amide bonds. The molecule has 2 aromatic carbocycles. The number of hydrogen-bond donors (Lipinski definition) is 1. The first-order valence-corrected chi connectivity index (χ1v) is 7.65. The lowest BCUT2D eigenvalue weighted by Crippen LogP contribution is -2.14. The smallest absolute Gasteiger partial charge is 0.337 e. The van der Waals surface area contributed by atoms with Crippen LogP contribution < -0.4 is 5.32 Å². The minimum Gasteiger partial charge on any atom is -0.465 e. The number of aryl methyl sites for hydroxylation is 1. The molecule has 0 aliphatic heterocycles. The summed E-state index contributed by atoms with van der Waals surface area (Å²) in [6.07, 6.45) is 0. The van der Waals surface area contributed by atoms with Gasteiger partial charge in [-0.05, 0) is 31.2 Å². The van der Waals surface area contributed by atoms with Crippen molar-refractivity contribution in [3.8, 4) is 0 Å². The zero-order valence-corrected chi connectivity index (χ0v) is 14.8. The molecule has 1 N–H and O–H groups in total. The first-order valence-electron chi connectivity index (χ1n) is 7.65. The Labute approximate surface area is 154 Å². The molecule has 0 aliphatic carbocycles. The first-order chi connectivity index (χ1) is 12.8. The largest absolute Gasteiger partial charge is 0.465 e. The third-order valence-corrected chi connectivity index (χ3v) is 3.70. The number of carbonyl (C=O) groups excluding carboxylic acids is 3. The minimum atomic E-state index is -0.706. The molecule has 9 nitrogen and oxygen atoms in total. The van der Waals surface area contributed by atoms with Gasteiger partial charge in [0.25, 0.3) is 11.6 Å². The number of nitrogens with zero attached hydrogens (tertiary/aromatic N) is 1. The van der Waals surface area contributed by atoms with Crippen molar-refractivity contribution in [2.24, 2.45) is 0 Å². The molecule has 0 saturated carbocycles. The highest BCUT2D eigenvalue weighted by molar-refractivity contribution is 6.06. The number of nitro benzene ring substituents is 1. The lowest BCUT2D eigenvalue weighted by molar-refractivity contribution is -0.385. The van der Waals surface area contributed by atoms with E-state index in [9.17, 15) is 24.5 Å². The molecule has 2 rings (SSSR count). The molecule has 2 aromatic rings. The van der Waals surface area contributed by atoms with Crippen molar-refractivity contribution in [2.45, 2.75) is 6.92 Å². The van der Waals surface area contributed by atoms with Crippen molar-refractivity contribution in [2.75, 3.05) is 19.5 Å². The molecule has 0 saturated heterocycles. The van der Waals surface area contributed by atoms with Crippen molar-refractivity contribution < 1.29 is 28.8 Å². The van der Waals surface area contributed by atoms with Crippen molar-refractivity contribution in [3.05, 3.63) is 68.8 Å². The third kappa shape index (κ3) is 4.46. The van der Waals surface area contributed by atoms with E-state index in [1.807, 2.05) is 0 Å². The van der Waals surface area contributed by atoms with Crippen LogP contribution in [0.25, 0.3) is 0 Å². The summed E-state index contributed by atoms with van der Waals surface area (Å²) in [6.45, 7) is 1.56. The standard InChI is InChI=1S/C18H16N2O7/c1-10-4-5-11(9-15(10)20(24)25)16(21)19-14-7-12(17(22)26-2)6-13(8-14)18(23)27-3/h4-9H,1-3H3,(H,19,21). The van der Waals surface area contributed by atoms with E-state index in [1.54, 1.807) is 6.92 Å². The van der Waals surface area contributed by atoms with Crippen molar-refractivity contribution in [1.29, 1.82) is 0 Å². The fourth-order valence-corrected chi connectivity index (χ4v) is 2.32. The Bertz CT molecular complexity index is 903. The topological polar surface area (TPSA) is 125 Å². The number of benzene rings is 2. The fourth-order valence-electron chi connectivity index (χ4n) is 2.32. The van der Waals surface area contributed by atoms with Gasteiger partial charge in [0.15, 0.2) is 0 Å². The quantitative estimate of drug-likeness (QED) is 0.486. The van der Waals surface area contributed by atoms with E-state index < -0.39 is 22.8 Å². The first kappa shape index (κ1) is 19.6. The van der Waals surface area contributed by atoms with Crippen molar-refractivity contribution in [3.63, 3.8) is 0 Å². The summed E-state index contributed by atoms with van der Waals surface area (Å²) in [5.74, 6) is -2.06. The van der Waals surface area contributed by atoms with Gasteiger partial charge in [-0.25, -0.2) is 9.59 Å². The monoisotopic (exact) mass is 372 g/mol. The van der Waals surface area contributed by atoms with E-state index in [-0.39, 0.29) is 28.1 Å². The Hall–Kier alpha value is -3.75. The molecule has 0 aromatic heterocycles. The van der Waals surface area contributed by atoms with E-state index >= 15 is 0 Å². The van der Waals surface area contributed by atoms with Crippen LogP contribution in [0.15, 0.2) is 36.4 Å². The number of nitrogens with one attached hydrogen (secondary N) is 1. The lowest BCUT2D eigenvalue weighted by atomic mass is 10.1. The van der Waals surface area contributed by atoms with Gasteiger partial charge in [-0.3, -0.25) is 14.9 Å². The summed E-state index contributed by atoms with van der Waals surface area (Å²) in [5, 5.41) is 13.5. The summed E-state index contributed by atoms with van der Waals surface area (Å²) >= 11 is 0. The second-order valence-electron chi connectivity index (χ2n) is 5.49. The number of ether oxygens (including phenoxy) is 2. The molecular weight excluding hydrogens is 356 g/mol. The average molecular weight is 372 g/mol. The van der Waals surface area contributed by atoms with Gasteiger partial charge in [-0.1, -0.05) is 6.07 Å². The maximum atomic E-state index is 12.4.